The lowest BCUT2D eigenvalue weighted by atomic mass is 9.96. The van der Waals surface area contributed by atoms with Crippen LogP contribution in [-0.4, -0.2) is 35.7 Å². The SMILES string of the molecule is O=C1NCc2ccc(NC(=O)C3CCCN(C(=O)c4ccc(Cl)cc4)C3)cc21. The number of halogens is 1. The number of fused-ring (bicyclic) bond motifs is 1. The molecule has 7 heteroatoms. The lowest BCUT2D eigenvalue weighted by Crippen LogP contribution is -2.43. The second-order valence-electron chi connectivity index (χ2n) is 7.14. The van der Waals surface area contributed by atoms with Crippen LogP contribution in [0.1, 0.15) is 39.1 Å². The first-order valence-electron chi connectivity index (χ1n) is 9.28. The van der Waals surface area contributed by atoms with Crippen molar-refractivity contribution in [3.05, 3.63) is 64.2 Å². The Kier molecular flexibility index (Phi) is 5.05. The van der Waals surface area contributed by atoms with Gasteiger partial charge in [0.2, 0.25) is 5.91 Å². The summed E-state index contributed by atoms with van der Waals surface area (Å²) in [6.45, 7) is 1.52. The van der Waals surface area contributed by atoms with Gasteiger partial charge in [0, 0.05) is 41.5 Å². The minimum absolute atomic E-state index is 0.0941. The molecule has 3 amide bonds. The Morgan fingerprint density at radius 2 is 1.93 bits per heavy atom. The molecule has 28 heavy (non-hydrogen) atoms. The molecule has 1 atom stereocenters. The third kappa shape index (κ3) is 3.73. The summed E-state index contributed by atoms with van der Waals surface area (Å²) in [6.07, 6.45) is 1.49. The van der Waals surface area contributed by atoms with E-state index in [0.717, 1.165) is 18.4 Å². The largest absolute Gasteiger partial charge is 0.348 e. The number of likely N-dealkylation sites (tertiary alicyclic amines) is 1. The average Bonchev–Trinajstić information content (AvgIpc) is 3.08. The molecule has 0 spiro atoms. The number of rotatable bonds is 3. The highest BCUT2D eigenvalue weighted by molar-refractivity contribution is 6.30. The van der Waals surface area contributed by atoms with Gasteiger partial charge in [-0.05, 0) is 54.8 Å². The van der Waals surface area contributed by atoms with Gasteiger partial charge >= 0.3 is 0 Å². The van der Waals surface area contributed by atoms with Crippen LogP contribution in [0.3, 0.4) is 0 Å². The monoisotopic (exact) mass is 397 g/mol. The Bertz CT molecular complexity index is 942. The van der Waals surface area contributed by atoms with Crippen LogP contribution < -0.4 is 10.6 Å². The van der Waals surface area contributed by atoms with E-state index in [1.54, 1.807) is 41.3 Å². The number of hydrogen-bond acceptors (Lipinski definition) is 3. The number of piperidine rings is 1. The van der Waals surface area contributed by atoms with Crippen LogP contribution in [0.15, 0.2) is 42.5 Å². The van der Waals surface area contributed by atoms with E-state index in [-0.39, 0.29) is 23.6 Å². The van der Waals surface area contributed by atoms with Crippen molar-refractivity contribution in [1.82, 2.24) is 10.2 Å². The zero-order valence-corrected chi connectivity index (χ0v) is 16.0. The molecule has 0 radical (unpaired) electrons. The van der Waals surface area contributed by atoms with Crippen molar-refractivity contribution in [1.29, 1.82) is 0 Å². The van der Waals surface area contributed by atoms with Crippen LogP contribution in [0, 0.1) is 5.92 Å². The summed E-state index contributed by atoms with van der Waals surface area (Å²) in [7, 11) is 0. The molecule has 2 aromatic carbocycles. The summed E-state index contributed by atoms with van der Waals surface area (Å²) in [5.41, 5.74) is 2.69. The number of benzene rings is 2. The van der Waals surface area contributed by atoms with Crippen LogP contribution in [0.4, 0.5) is 5.69 Å². The predicted molar refractivity (Wildman–Crippen MR) is 106 cm³/mol. The third-order valence-electron chi connectivity index (χ3n) is 5.23. The van der Waals surface area contributed by atoms with E-state index in [0.29, 0.717) is 41.5 Å². The Morgan fingerprint density at radius 1 is 1.14 bits per heavy atom. The zero-order valence-electron chi connectivity index (χ0n) is 15.2. The molecule has 2 aromatic rings. The standard InChI is InChI=1S/C21H20ClN3O3/c22-16-6-3-13(4-7-16)21(28)25-9-1-2-15(12-25)19(26)24-17-8-5-14-11-23-20(27)18(14)10-17/h3-8,10,15H,1-2,9,11-12H2,(H,23,27)(H,24,26). The molecule has 1 fully saturated rings. The molecular weight excluding hydrogens is 378 g/mol. The normalized spacial score (nSPS) is 18.4. The highest BCUT2D eigenvalue weighted by Crippen LogP contribution is 2.23. The van der Waals surface area contributed by atoms with Gasteiger partial charge in [0.25, 0.3) is 11.8 Å². The number of amides is 3. The molecule has 2 aliphatic rings. The quantitative estimate of drug-likeness (QED) is 0.835. The van der Waals surface area contributed by atoms with Gasteiger partial charge in [0.1, 0.15) is 0 Å². The minimum Gasteiger partial charge on any atom is -0.348 e. The molecule has 0 aliphatic carbocycles. The molecule has 2 heterocycles. The van der Waals surface area contributed by atoms with E-state index in [2.05, 4.69) is 10.6 Å². The second-order valence-corrected chi connectivity index (χ2v) is 7.58. The van der Waals surface area contributed by atoms with E-state index in [4.69, 9.17) is 11.6 Å². The summed E-state index contributed by atoms with van der Waals surface area (Å²) >= 11 is 5.89. The number of nitrogens with one attached hydrogen (secondary N) is 2. The molecule has 4 rings (SSSR count). The maximum Gasteiger partial charge on any atom is 0.253 e. The van der Waals surface area contributed by atoms with Crippen molar-refractivity contribution in [2.75, 3.05) is 18.4 Å². The number of nitrogens with zero attached hydrogens (tertiary/aromatic N) is 1. The first kappa shape index (κ1) is 18.5. The van der Waals surface area contributed by atoms with Gasteiger partial charge in [0.05, 0.1) is 5.92 Å². The molecular formula is C21H20ClN3O3. The predicted octanol–water partition coefficient (Wildman–Crippen LogP) is 3.07. The molecule has 0 aromatic heterocycles. The second kappa shape index (κ2) is 7.64. The number of anilines is 1. The first-order chi connectivity index (χ1) is 13.5. The molecule has 2 N–H and O–H groups in total. The van der Waals surface area contributed by atoms with Gasteiger partial charge in [-0.25, -0.2) is 0 Å². The van der Waals surface area contributed by atoms with Gasteiger partial charge in [-0.15, -0.1) is 0 Å². The van der Waals surface area contributed by atoms with Gasteiger partial charge in [0.15, 0.2) is 0 Å². The van der Waals surface area contributed by atoms with Crippen molar-refractivity contribution in [3.8, 4) is 0 Å². The molecule has 1 unspecified atom stereocenters. The Morgan fingerprint density at radius 3 is 2.71 bits per heavy atom. The van der Waals surface area contributed by atoms with Crippen LogP contribution in [0.25, 0.3) is 0 Å². The van der Waals surface area contributed by atoms with Crippen molar-refractivity contribution in [3.63, 3.8) is 0 Å². The number of hydrogen-bond donors (Lipinski definition) is 2. The highest BCUT2D eigenvalue weighted by atomic mass is 35.5. The van der Waals surface area contributed by atoms with Gasteiger partial charge in [-0.1, -0.05) is 17.7 Å². The van der Waals surface area contributed by atoms with Gasteiger partial charge < -0.3 is 15.5 Å². The van der Waals surface area contributed by atoms with E-state index in [1.165, 1.54) is 0 Å². The average molecular weight is 398 g/mol. The Balaban J connectivity index is 1.42. The summed E-state index contributed by atoms with van der Waals surface area (Å²) in [4.78, 5) is 39.0. The fourth-order valence-corrected chi connectivity index (χ4v) is 3.81. The van der Waals surface area contributed by atoms with Crippen LogP contribution in [-0.2, 0) is 11.3 Å². The minimum atomic E-state index is -0.285. The number of carbonyl (C=O) groups is 3. The van der Waals surface area contributed by atoms with Crippen molar-refractivity contribution in [2.45, 2.75) is 19.4 Å². The summed E-state index contributed by atoms with van der Waals surface area (Å²) in [5, 5.41) is 6.24. The highest BCUT2D eigenvalue weighted by Gasteiger charge is 2.29. The van der Waals surface area contributed by atoms with Crippen LogP contribution >= 0.6 is 11.6 Å². The van der Waals surface area contributed by atoms with E-state index < -0.39 is 0 Å². The van der Waals surface area contributed by atoms with Crippen molar-refractivity contribution >= 4 is 35.0 Å². The summed E-state index contributed by atoms with van der Waals surface area (Å²) in [5.74, 6) is -0.633. The lowest BCUT2D eigenvalue weighted by molar-refractivity contribution is -0.121. The molecule has 144 valence electrons. The van der Waals surface area contributed by atoms with Gasteiger partial charge in [-0.3, -0.25) is 14.4 Å². The fourth-order valence-electron chi connectivity index (χ4n) is 3.69. The fraction of sp³-hybridized carbons (Fsp3) is 0.286. The molecule has 0 bridgehead atoms. The Labute approximate surface area is 167 Å². The third-order valence-corrected chi connectivity index (χ3v) is 5.48. The maximum absolute atomic E-state index is 12.7. The van der Waals surface area contributed by atoms with Crippen LogP contribution in [0.5, 0.6) is 0 Å². The zero-order chi connectivity index (χ0) is 19.7. The maximum atomic E-state index is 12.7. The summed E-state index contributed by atoms with van der Waals surface area (Å²) < 4.78 is 0. The van der Waals surface area contributed by atoms with E-state index in [9.17, 15) is 14.4 Å². The van der Waals surface area contributed by atoms with E-state index >= 15 is 0 Å². The lowest BCUT2D eigenvalue weighted by Gasteiger charge is -2.32. The number of carbonyl (C=O) groups excluding carboxylic acids is 3. The molecule has 0 saturated carbocycles. The molecule has 1 saturated heterocycles. The van der Waals surface area contributed by atoms with Crippen molar-refractivity contribution in [2.24, 2.45) is 5.92 Å². The van der Waals surface area contributed by atoms with Crippen molar-refractivity contribution < 1.29 is 14.4 Å². The Hall–Kier alpha value is -2.86. The van der Waals surface area contributed by atoms with E-state index in [1.807, 2.05) is 6.07 Å². The molecule has 2 aliphatic heterocycles. The summed E-state index contributed by atoms with van der Waals surface area (Å²) in [6, 6.07) is 12.1. The topological polar surface area (TPSA) is 78.5 Å². The first-order valence-corrected chi connectivity index (χ1v) is 9.66. The smallest absolute Gasteiger partial charge is 0.253 e. The molecule has 6 nitrogen and oxygen atoms in total. The van der Waals surface area contributed by atoms with Crippen LogP contribution in [0.2, 0.25) is 5.02 Å². The van der Waals surface area contributed by atoms with Gasteiger partial charge in [-0.2, -0.15) is 0 Å².